The largest absolute Gasteiger partial charge is 0.433 e. The minimum absolute atomic E-state index is 0.468. The Labute approximate surface area is 113 Å². The van der Waals surface area contributed by atoms with E-state index in [0.29, 0.717) is 10.9 Å². The first-order valence-corrected chi connectivity index (χ1v) is 6.88. The van der Waals surface area contributed by atoms with Crippen LogP contribution >= 0.6 is 11.8 Å². The molecule has 0 saturated carbocycles. The average Bonchev–Trinajstić information content (AvgIpc) is 2.77. The lowest BCUT2D eigenvalue weighted by molar-refractivity contribution is -0.141. The van der Waals surface area contributed by atoms with Gasteiger partial charge in [-0.2, -0.15) is 13.2 Å². The van der Waals surface area contributed by atoms with Gasteiger partial charge in [-0.25, -0.2) is 4.98 Å². The molecular formula is C12H14F3N3S. The van der Waals surface area contributed by atoms with Gasteiger partial charge in [0.2, 0.25) is 0 Å². The van der Waals surface area contributed by atoms with Crippen LogP contribution in [0.2, 0.25) is 0 Å². The van der Waals surface area contributed by atoms with Gasteiger partial charge in [0, 0.05) is 5.25 Å². The molecule has 0 aromatic carbocycles. The first kappa shape index (κ1) is 14.2. The van der Waals surface area contributed by atoms with E-state index in [2.05, 4.69) is 22.2 Å². The van der Waals surface area contributed by atoms with E-state index in [9.17, 15) is 13.2 Å². The SMILES string of the molecule is CCCC1CN=C(Nc2ccc(C(F)(F)F)nc2)S1. The van der Waals surface area contributed by atoms with E-state index in [1.807, 2.05) is 0 Å². The van der Waals surface area contributed by atoms with Gasteiger partial charge in [0.15, 0.2) is 5.17 Å². The van der Waals surface area contributed by atoms with Gasteiger partial charge in [0.25, 0.3) is 0 Å². The van der Waals surface area contributed by atoms with Gasteiger partial charge in [-0.15, -0.1) is 0 Å². The molecule has 0 saturated heterocycles. The zero-order valence-electron chi connectivity index (χ0n) is 10.4. The maximum atomic E-state index is 12.3. The van der Waals surface area contributed by atoms with Gasteiger partial charge in [0.05, 0.1) is 18.4 Å². The standard InChI is InChI=1S/C12H14F3N3S/c1-2-3-9-7-17-11(19-9)18-8-4-5-10(16-6-8)12(13,14)15/h4-6,9H,2-3,7H2,1H3,(H,17,18). The Kier molecular flexibility index (Phi) is 4.34. The molecule has 1 unspecified atom stereocenters. The predicted octanol–water partition coefficient (Wildman–Crippen LogP) is 3.78. The molecular weight excluding hydrogens is 275 g/mol. The molecule has 2 heterocycles. The summed E-state index contributed by atoms with van der Waals surface area (Å²) in [5.41, 5.74) is -0.362. The van der Waals surface area contributed by atoms with Crippen molar-refractivity contribution in [3.8, 4) is 0 Å². The smallest absolute Gasteiger partial charge is 0.334 e. The van der Waals surface area contributed by atoms with E-state index in [1.54, 1.807) is 11.8 Å². The van der Waals surface area contributed by atoms with Crippen LogP contribution in [0.25, 0.3) is 0 Å². The molecule has 0 bridgehead atoms. The molecule has 7 heteroatoms. The van der Waals surface area contributed by atoms with Crippen LogP contribution in [0.4, 0.5) is 18.9 Å². The molecule has 104 valence electrons. The highest BCUT2D eigenvalue weighted by molar-refractivity contribution is 8.15. The Bertz CT molecular complexity index is 456. The first-order chi connectivity index (χ1) is 8.99. The summed E-state index contributed by atoms with van der Waals surface area (Å²) in [6, 6.07) is 2.33. The molecule has 1 atom stereocenters. The Balaban J connectivity index is 1.94. The zero-order chi connectivity index (χ0) is 13.9. The third kappa shape index (κ3) is 3.86. The molecule has 1 aliphatic rings. The second-order valence-corrected chi connectivity index (χ2v) is 5.52. The van der Waals surface area contributed by atoms with Crippen LogP contribution in [0.15, 0.2) is 23.3 Å². The first-order valence-electron chi connectivity index (χ1n) is 6.00. The summed E-state index contributed by atoms with van der Waals surface area (Å²) in [6.45, 7) is 2.88. The lowest BCUT2D eigenvalue weighted by Gasteiger charge is -2.09. The summed E-state index contributed by atoms with van der Waals surface area (Å²) in [5, 5.41) is 4.21. The Morgan fingerprint density at radius 2 is 2.21 bits per heavy atom. The molecule has 0 fully saturated rings. The summed E-state index contributed by atoms with van der Waals surface area (Å²) in [5.74, 6) is 0. The molecule has 1 aromatic heterocycles. The summed E-state index contributed by atoms with van der Waals surface area (Å²) in [7, 11) is 0. The zero-order valence-corrected chi connectivity index (χ0v) is 11.2. The Hall–Kier alpha value is -1.24. The number of rotatable bonds is 3. The van der Waals surface area contributed by atoms with Crippen molar-refractivity contribution in [1.82, 2.24) is 4.98 Å². The third-order valence-corrected chi connectivity index (χ3v) is 3.81. The predicted molar refractivity (Wildman–Crippen MR) is 71.5 cm³/mol. The van der Waals surface area contributed by atoms with Gasteiger partial charge in [-0.05, 0) is 18.6 Å². The van der Waals surface area contributed by atoms with E-state index in [1.165, 1.54) is 12.3 Å². The number of aliphatic imine (C=N–C) groups is 1. The molecule has 2 rings (SSSR count). The number of alkyl halides is 3. The number of nitrogens with one attached hydrogen (secondary N) is 1. The van der Waals surface area contributed by atoms with E-state index >= 15 is 0 Å². The van der Waals surface area contributed by atoms with Crippen molar-refractivity contribution in [2.75, 3.05) is 11.9 Å². The minimum Gasteiger partial charge on any atom is -0.334 e. The monoisotopic (exact) mass is 289 g/mol. The van der Waals surface area contributed by atoms with Crippen molar-refractivity contribution in [3.05, 3.63) is 24.0 Å². The highest BCUT2D eigenvalue weighted by Crippen LogP contribution is 2.29. The highest BCUT2D eigenvalue weighted by atomic mass is 32.2. The normalized spacial score (nSPS) is 19.4. The van der Waals surface area contributed by atoms with Crippen molar-refractivity contribution in [3.63, 3.8) is 0 Å². The summed E-state index contributed by atoms with van der Waals surface area (Å²) >= 11 is 1.63. The van der Waals surface area contributed by atoms with Gasteiger partial charge in [-0.1, -0.05) is 25.1 Å². The lowest BCUT2D eigenvalue weighted by atomic mass is 10.2. The summed E-state index contributed by atoms with van der Waals surface area (Å²) in [4.78, 5) is 7.72. The molecule has 1 N–H and O–H groups in total. The quantitative estimate of drug-likeness (QED) is 0.920. The van der Waals surface area contributed by atoms with Crippen molar-refractivity contribution >= 4 is 22.6 Å². The van der Waals surface area contributed by atoms with E-state index in [0.717, 1.165) is 30.6 Å². The number of hydrogen-bond acceptors (Lipinski definition) is 4. The van der Waals surface area contributed by atoms with Gasteiger partial charge >= 0.3 is 6.18 Å². The van der Waals surface area contributed by atoms with Crippen molar-refractivity contribution in [1.29, 1.82) is 0 Å². The molecule has 1 aliphatic heterocycles. The molecule has 19 heavy (non-hydrogen) atoms. The van der Waals surface area contributed by atoms with Crippen LogP contribution in [0.5, 0.6) is 0 Å². The molecule has 0 amide bonds. The lowest BCUT2D eigenvalue weighted by Crippen LogP contribution is -2.10. The number of halogens is 3. The fourth-order valence-electron chi connectivity index (χ4n) is 1.72. The van der Waals surface area contributed by atoms with Crippen molar-refractivity contribution in [2.45, 2.75) is 31.2 Å². The maximum absolute atomic E-state index is 12.3. The number of anilines is 1. The fourth-order valence-corrected chi connectivity index (χ4v) is 2.86. The Morgan fingerprint density at radius 3 is 2.79 bits per heavy atom. The molecule has 1 aromatic rings. The van der Waals surface area contributed by atoms with Gasteiger partial charge in [-0.3, -0.25) is 4.99 Å². The van der Waals surface area contributed by atoms with Crippen molar-refractivity contribution in [2.24, 2.45) is 4.99 Å². The summed E-state index contributed by atoms with van der Waals surface area (Å²) < 4.78 is 37.0. The maximum Gasteiger partial charge on any atom is 0.433 e. The molecule has 0 aliphatic carbocycles. The van der Waals surface area contributed by atoms with Crippen LogP contribution in [0, 0.1) is 0 Å². The van der Waals surface area contributed by atoms with E-state index < -0.39 is 11.9 Å². The topological polar surface area (TPSA) is 37.3 Å². The number of nitrogens with zero attached hydrogens (tertiary/aromatic N) is 2. The van der Waals surface area contributed by atoms with Crippen LogP contribution in [-0.4, -0.2) is 21.9 Å². The Morgan fingerprint density at radius 1 is 1.42 bits per heavy atom. The molecule has 0 spiro atoms. The van der Waals surface area contributed by atoms with Gasteiger partial charge < -0.3 is 5.32 Å². The number of aromatic nitrogens is 1. The number of pyridine rings is 1. The summed E-state index contributed by atoms with van der Waals surface area (Å²) in [6.07, 6.45) is -1.03. The molecule has 0 radical (unpaired) electrons. The second-order valence-electron chi connectivity index (χ2n) is 4.23. The fraction of sp³-hybridized carbons (Fsp3) is 0.500. The second kappa shape index (κ2) is 5.81. The number of hydrogen-bond donors (Lipinski definition) is 1. The minimum atomic E-state index is -4.40. The van der Waals surface area contributed by atoms with E-state index in [-0.39, 0.29) is 0 Å². The van der Waals surface area contributed by atoms with Crippen LogP contribution in [0.3, 0.4) is 0 Å². The van der Waals surface area contributed by atoms with Gasteiger partial charge in [0.1, 0.15) is 5.69 Å². The van der Waals surface area contributed by atoms with Crippen LogP contribution in [-0.2, 0) is 6.18 Å². The average molecular weight is 289 g/mol. The third-order valence-electron chi connectivity index (χ3n) is 2.63. The van der Waals surface area contributed by atoms with Crippen molar-refractivity contribution < 1.29 is 13.2 Å². The molecule has 3 nitrogen and oxygen atoms in total. The number of thioether (sulfide) groups is 1. The number of amidine groups is 1. The van der Waals surface area contributed by atoms with E-state index in [4.69, 9.17) is 0 Å². The van der Waals surface area contributed by atoms with Crippen LogP contribution < -0.4 is 5.32 Å². The highest BCUT2D eigenvalue weighted by Gasteiger charge is 2.32. The van der Waals surface area contributed by atoms with Crippen LogP contribution in [0.1, 0.15) is 25.5 Å².